The van der Waals surface area contributed by atoms with Gasteiger partial charge >= 0.3 is 0 Å². The average Bonchev–Trinajstić information content (AvgIpc) is 3.11. The molecule has 2 amide bonds. The zero-order valence-corrected chi connectivity index (χ0v) is 16.8. The Balaban J connectivity index is 1.58. The number of nitrogens with zero attached hydrogens (tertiary/aromatic N) is 2. The lowest BCUT2D eigenvalue weighted by Crippen LogP contribution is -2.39. The minimum Gasteiger partial charge on any atom is -0.318 e. The fourth-order valence-corrected chi connectivity index (χ4v) is 4.90. The van der Waals surface area contributed by atoms with Crippen molar-refractivity contribution < 1.29 is 18.8 Å². The van der Waals surface area contributed by atoms with E-state index in [9.17, 15) is 18.8 Å². The Morgan fingerprint density at radius 3 is 2.38 bits per heavy atom. The number of Topliss-reactive ketones (excluding diaryl/α,β-unsaturated/α-hetero) is 1. The molecule has 0 bridgehead atoms. The zero-order chi connectivity index (χ0) is 20.8. The Bertz CT molecular complexity index is 984. The fraction of sp³-hybridized carbons (Fsp3) is 0.435. The molecule has 2 aliphatic rings. The van der Waals surface area contributed by atoms with E-state index in [0.29, 0.717) is 11.3 Å². The lowest BCUT2D eigenvalue weighted by atomic mass is 9.73. The Morgan fingerprint density at radius 1 is 1.07 bits per heavy atom. The second-order valence-electron chi connectivity index (χ2n) is 8.32. The Kier molecular flexibility index (Phi) is 4.89. The van der Waals surface area contributed by atoms with Crippen molar-refractivity contribution in [1.29, 1.82) is 0 Å². The van der Waals surface area contributed by atoms with Gasteiger partial charge in [0.25, 0.3) is 0 Å². The molecule has 1 aliphatic heterocycles. The molecule has 1 spiro atoms. The van der Waals surface area contributed by atoms with Gasteiger partial charge in [0.1, 0.15) is 5.82 Å². The second kappa shape index (κ2) is 7.25. The van der Waals surface area contributed by atoms with Gasteiger partial charge in [-0.15, -0.1) is 0 Å². The molecule has 0 atom stereocenters. The fourth-order valence-electron chi connectivity index (χ4n) is 4.90. The minimum absolute atomic E-state index is 0.178. The maximum atomic E-state index is 13.3. The monoisotopic (exact) mass is 396 g/mol. The topological polar surface area (TPSA) is 59.4 Å². The molecular weight excluding hydrogens is 371 g/mol. The third kappa shape index (κ3) is 3.30. The number of rotatable bonds is 4. The molecule has 1 aromatic heterocycles. The highest BCUT2D eigenvalue weighted by Gasteiger charge is 2.51. The average molecular weight is 396 g/mol. The van der Waals surface area contributed by atoms with E-state index in [1.165, 1.54) is 12.1 Å². The summed E-state index contributed by atoms with van der Waals surface area (Å²) in [6.45, 7) is 3.48. The van der Waals surface area contributed by atoms with Crippen molar-refractivity contribution in [2.24, 2.45) is 5.41 Å². The molecule has 5 nitrogen and oxygen atoms in total. The molecule has 1 saturated heterocycles. The maximum absolute atomic E-state index is 13.3. The van der Waals surface area contributed by atoms with Crippen molar-refractivity contribution in [2.75, 3.05) is 6.54 Å². The number of likely N-dealkylation sites (tertiary alicyclic amines) is 1. The van der Waals surface area contributed by atoms with E-state index < -0.39 is 5.41 Å². The largest absolute Gasteiger partial charge is 0.318 e. The van der Waals surface area contributed by atoms with Crippen molar-refractivity contribution in [3.05, 3.63) is 53.1 Å². The first-order chi connectivity index (χ1) is 13.8. The molecule has 152 valence electrons. The van der Waals surface area contributed by atoms with Crippen LogP contribution in [0.3, 0.4) is 0 Å². The van der Waals surface area contributed by atoms with Gasteiger partial charge in [-0.3, -0.25) is 19.3 Å². The van der Waals surface area contributed by atoms with E-state index >= 15 is 0 Å². The second-order valence-corrected chi connectivity index (χ2v) is 8.32. The number of benzene rings is 1. The molecule has 6 heteroatoms. The molecule has 1 aliphatic carbocycles. The molecule has 29 heavy (non-hydrogen) atoms. The van der Waals surface area contributed by atoms with Gasteiger partial charge in [0.05, 0.1) is 12.0 Å². The van der Waals surface area contributed by atoms with Gasteiger partial charge < -0.3 is 4.57 Å². The number of imide groups is 1. The molecule has 1 saturated carbocycles. The smallest absolute Gasteiger partial charge is 0.236 e. The summed E-state index contributed by atoms with van der Waals surface area (Å²) in [5.41, 5.74) is 2.21. The summed E-state index contributed by atoms with van der Waals surface area (Å²) in [5, 5.41) is 0. The summed E-state index contributed by atoms with van der Waals surface area (Å²) in [4.78, 5) is 39.7. The molecule has 4 rings (SSSR count). The summed E-state index contributed by atoms with van der Waals surface area (Å²) < 4.78 is 15.1. The van der Waals surface area contributed by atoms with Gasteiger partial charge in [0.2, 0.25) is 11.8 Å². The number of aromatic nitrogens is 1. The highest BCUT2D eigenvalue weighted by atomic mass is 19.1. The first-order valence-electron chi connectivity index (χ1n) is 10.2. The molecule has 2 fully saturated rings. The van der Waals surface area contributed by atoms with Gasteiger partial charge in [-0.2, -0.15) is 0 Å². The molecule has 2 heterocycles. The Morgan fingerprint density at radius 2 is 1.72 bits per heavy atom. The molecule has 0 radical (unpaired) electrons. The van der Waals surface area contributed by atoms with Gasteiger partial charge in [-0.05, 0) is 57.0 Å². The van der Waals surface area contributed by atoms with Crippen molar-refractivity contribution >= 4 is 17.6 Å². The van der Waals surface area contributed by atoms with Crippen LogP contribution in [0.2, 0.25) is 0 Å². The summed E-state index contributed by atoms with van der Waals surface area (Å²) in [5.74, 6) is -0.989. The Labute approximate surface area is 169 Å². The van der Waals surface area contributed by atoms with E-state index in [1.807, 2.05) is 18.4 Å². The number of hydrogen-bond donors (Lipinski definition) is 0. The van der Waals surface area contributed by atoms with Gasteiger partial charge in [0.15, 0.2) is 5.78 Å². The molecule has 0 N–H and O–H groups in total. The lowest BCUT2D eigenvalue weighted by Gasteiger charge is -2.30. The number of carbonyl (C=O) groups excluding carboxylic acids is 3. The SMILES string of the molecule is Cc1cc(C(=O)CN2C(=O)CC3(CCCCC3)C2=O)c(C)n1-c1ccc(F)cc1. The highest BCUT2D eigenvalue weighted by molar-refractivity contribution is 6.10. The third-order valence-electron chi connectivity index (χ3n) is 6.42. The molecule has 2 aromatic rings. The van der Waals surface area contributed by atoms with Crippen LogP contribution in [0.15, 0.2) is 30.3 Å². The number of aryl methyl sites for hydroxylation is 1. The number of hydrogen-bond acceptors (Lipinski definition) is 3. The standard InChI is InChI=1S/C23H25FN2O3/c1-15-12-19(16(2)26(15)18-8-6-17(24)7-9-18)20(27)14-25-21(28)13-23(22(25)29)10-4-3-5-11-23/h6-9,12H,3-5,10-11,13-14H2,1-2H3. The van der Waals surface area contributed by atoms with Crippen LogP contribution in [0.5, 0.6) is 0 Å². The third-order valence-corrected chi connectivity index (χ3v) is 6.42. The van der Waals surface area contributed by atoms with Gasteiger partial charge in [-0.25, -0.2) is 4.39 Å². The molecule has 1 aromatic carbocycles. The van der Waals surface area contributed by atoms with Crippen LogP contribution in [0.25, 0.3) is 5.69 Å². The Hall–Kier alpha value is -2.76. The lowest BCUT2D eigenvalue weighted by molar-refractivity contribution is -0.141. The van der Waals surface area contributed by atoms with Crippen molar-refractivity contribution in [3.63, 3.8) is 0 Å². The van der Waals surface area contributed by atoms with Gasteiger partial charge in [-0.1, -0.05) is 19.3 Å². The predicted octanol–water partition coefficient (Wildman–Crippen LogP) is 4.13. The van der Waals surface area contributed by atoms with Crippen LogP contribution < -0.4 is 0 Å². The zero-order valence-electron chi connectivity index (χ0n) is 16.8. The van der Waals surface area contributed by atoms with E-state index in [2.05, 4.69) is 0 Å². The number of halogens is 1. The minimum atomic E-state index is -0.583. The first kappa shape index (κ1) is 19.6. The predicted molar refractivity (Wildman–Crippen MR) is 106 cm³/mol. The van der Waals surface area contributed by atoms with Crippen molar-refractivity contribution in [1.82, 2.24) is 9.47 Å². The summed E-state index contributed by atoms with van der Waals surface area (Å²) in [6.07, 6.45) is 4.72. The van der Waals surface area contributed by atoms with E-state index in [4.69, 9.17) is 0 Å². The van der Waals surface area contributed by atoms with Crippen LogP contribution in [0.4, 0.5) is 4.39 Å². The summed E-state index contributed by atoms with van der Waals surface area (Å²) in [6, 6.07) is 7.83. The number of carbonyl (C=O) groups is 3. The number of amides is 2. The first-order valence-corrected chi connectivity index (χ1v) is 10.2. The van der Waals surface area contributed by atoms with Crippen LogP contribution in [0.1, 0.15) is 60.3 Å². The van der Waals surface area contributed by atoms with Crippen molar-refractivity contribution in [3.8, 4) is 5.69 Å². The highest BCUT2D eigenvalue weighted by Crippen LogP contribution is 2.45. The maximum Gasteiger partial charge on any atom is 0.236 e. The van der Waals surface area contributed by atoms with E-state index in [1.54, 1.807) is 18.2 Å². The number of ketones is 1. The van der Waals surface area contributed by atoms with Crippen molar-refractivity contribution in [2.45, 2.75) is 52.4 Å². The quantitative estimate of drug-likeness (QED) is 0.577. The summed E-state index contributed by atoms with van der Waals surface area (Å²) >= 11 is 0. The van der Waals surface area contributed by atoms with Gasteiger partial charge in [0, 0.05) is 29.1 Å². The normalized spacial score (nSPS) is 18.7. The van der Waals surface area contributed by atoms with Crippen LogP contribution >= 0.6 is 0 Å². The van der Waals surface area contributed by atoms with Crippen LogP contribution in [-0.2, 0) is 9.59 Å². The van der Waals surface area contributed by atoms with E-state index in [-0.39, 0.29) is 36.4 Å². The van der Waals surface area contributed by atoms with Crippen LogP contribution in [-0.4, -0.2) is 33.6 Å². The molecule has 0 unspecified atom stereocenters. The van der Waals surface area contributed by atoms with Crippen LogP contribution in [0, 0.1) is 25.1 Å². The van der Waals surface area contributed by atoms with E-state index in [0.717, 1.165) is 48.4 Å². The molecular formula is C23H25FN2O3. The summed E-state index contributed by atoms with van der Waals surface area (Å²) in [7, 11) is 0.